The molecule has 0 unspecified atom stereocenters. The largest absolute Gasteiger partial charge is 0.497 e. The van der Waals surface area contributed by atoms with Crippen molar-refractivity contribution in [2.45, 2.75) is 108 Å². The summed E-state index contributed by atoms with van der Waals surface area (Å²) in [5.74, 6) is 6.71. The molecular formula is C36H48N2O2Si. The Hall–Kier alpha value is -2.71. The molecule has 1 heterocycles. The highest BCUT2D eigenvalue weighted by Gasteiger charge is 2.51. The number of carbonyl (C=O) groups excluding carboxylic acids is 1. The molecule has 41 heavy (non-hydrogen) atoms. The van der Waals surface area contributed by atoms with E-state index in [4.69, 9.17) is 4.74 Å². The van der Waals surface area contributed by atoms with Gasteiger partial charge in [-0.25, -0.2) is 0 Å². The number of carbonyl (C=O) groups is 1. The highest BCUT2D eigenvalue weighted by Crippen LogP contribution is 2.56. The van der Waals surface area contributed by atoms with Gasteiger partial charge in [-0.2, -0.15) is 0 Å². The first kappa shape index (κ1) is 28.4. The molecule has 4 aliphatic carbocycles. The number of nitrogens with one attached hydrogen (secondary N) is 1. The highest BCUT2D eigenvalue weighted by molar-refractivity contribution is 6.84. The van der Waals surface area contributed by atoms with E-state index in [1.165, 1.54) is 55.3 Å². The predicted octanol–water partition coefficient (Wildman–Crippen LogP) is 7.99. The van der Waals surface area contributed by atoms with Crippen LogP contribution >= 0.6 is 0 Å². The van der Waals surface area contributed by atoms with Gasteiger partial charge in [0.05, 0.1) is 13.2 Å². The SMILES string of the molecule is CCCC[C@H]1Cc2cc(OC)ccc2[C@H](c2ccc(NC34CC5CC(CC(C5)C3)C4)cc2)N1C(=O)C#C[Si](C)(C)C. The minimum atomic E-state index is -1.69. The summed E-state index contributed by atoms with van der Waals surface area (Å²) < 4.78 is 5.61. The van der Waals surface area contributed by atoms with Crippen LogP contribution in [-0.4, -0.2) is 37.6 Å². The number of nitrogens with zero attached hydrogens (tertiary/aromatic N) is 1. The Labute approximate surface area is 248 Å². The van der Waals surface area contributed by atoms with E-state index in [9.17, 15) is 4.79 Å². The Morgan fingerprint density at radius 2 is 1.68 bits per heavy atom. The molecule has 2 aromatic rings. The molecule has 0 aromatic heterocycles. The lowest BCUT2D eigenvalue weighted by molar-refractivity contribution is -0.130. The first-order valence-electron chi connectivity index (χ1n) is 16.1. The standard InChI is InChI=1S/C36H48N2O2Si/c1-6-7-8-31-20-29-21-32(40-2)13-14-33(29)35(38(31)34(39)15-16-41(3,4)5)28-9-11-30(12-10-28)37-36-22-25-17-26(23-36)19-27(18-25)24-36/h9-14,21,25-27,31,35,37H,6-8,17-20,22-24H2,1-5H3/t25?,26?,27?,31-,35-,36?/m0/s1. The second kappa shape index (κ2) is 11.2. The molecule has 5 aliphatic rings. The summed E-state index contributed by atoms with van der Waals surface area (Å²) in [5.41, 5.74) is 8.51. The zero-order valence-corrected chi connectivity index (χ0v) is 26.8. The van der Waals surface area contributed by atoms with Crippen molar-refractivity contribution in [2.24, 2.45) is 17.8 Å². The Balaban J connectivity index is 1.34. The second-order valence-corrected chi connectivity index (χ2v) is 19.4. The molecule has 1 aliphatic heterocycles. The molecule has 2 aromatic carbocycles. The van der Waals surface area contributed by atoms with Crippen molar-refractivity contribution in [3.8, 4) is 17.2 Å². The third-order valence-corrected chi connectivity index (χ3v) is 11.0. The maximum Gasteiger partial charge on any atom is 0.298 e. The molecule has 7 rings (SSSR count). The minimum Gasteiger partial charge on any atom is -0.497 e. The van der Waals surface area contributed by atoms with E-state index in [0.29, 0.717) is 0 Å². The number of unbranched alkanes of at least 4 members (excludes halogenated alkanes) is 1. The first-order valence-corrected chi connectivity index (χ1v) is 19.6. The number of rotatable bonds is 7. The van der Waals surface area contributed by atoms with Gasteiger partial charge in [0.1, 0.15) is 13.8 Å². The number of ether oxygens (including phenoxy) is 1. The van der Waals surface area contributed by atoms with Crippen LogP contribution in [-0.2, 0) is 11.2 Å². The van der Waals surface area contributed by atoms with Gasteiger partial charge in [0.25, 0.3) is 5.91 Å². The lowest BCUT2D eigenvalue weighted by Gasteiger charge is -2.57. The van der Waals surface area contributed by atoms with Gasteiger partial charge in [-0.15, -0.1) is 5.54 Å². The summed E-state index contributed by atoms with van der Waals surface area (Å²) in [5, 5.41) is 4.04. The first-order chi connectivity index (χ1) is 19.6. The van der Waals surface area contributed by atoms with Gasteiger partial charge >= 0.3 is 0 Å². The summed E-state index contributed by atoms with van der Waals surface area (Å²) in [6, 6.07) is 15.4. The van der Waals surface area contributed by atoms with E-state index in [0.717, 1.165) is 54.7 Å². The monoisotopic (exact) mass is 568 g/mol. The van der Waals surface area contributed by atoms with E-state index in [2.05, 4.69) is 84.6 Å². The summed E-state index contributed by atoms with van der Waals surface area (Å²) in [6.07, 6.45) is 12.4. The third-order valence-electron chi connectivity index (χ3n) is 10.1. The third kappa shape index (κ3) is 5.96. The fourth-order valence-electron chi connectivity index (χ4n) is 8.79. The fourth-order valence-corrected chi connectivity index (χ4v) is 9.28. The quantitative estimate of drug-likeness (QED) is 0.272. The Kier molecular flexibility index (Phi) is 7.74. The van der Waals surface area contributed by atoms with Gasteiger partial charge in [-0.05, 0) is 116 Å². The molecule has 1 N–H and O–H groups in total. The molecule has 218 valence electrons. The van der Waals surface area contributed by atoms with Crippen molar-refractivity contribution in [3.63, 3.8) is 0 Å². The lowest BCUT2D eigenvalue weighted by atomic mass is 9.53. The lowest BCUT2D eigenvalue weighted by Crippen LogP contribution is -2.54. The van der Waals surface area contributed by atoms with Crippen LogP contribution in [0.15, 0.2) is 42.5 Å². The molecule has 4 nitrogen and oxygen atoms in total. The van der Waals surface area contributed by atoms with E-state index >= 15 is 0 Å². The van der Waals surface area contributed by atoms with Gasteiger partial charge < -0.3 is 15.0 Å². The normalized spacial score (nSPS) is 29.9. The number of fused-ring (bicyclic) bond motifs is 1. The number of amides is 1. The summed E-state index contributed by atoms with van der Waals surface area (Å²) in [4.78, 5) is 16.1. The number of hydrogen-bond donors (Lipinski definition) is 1. The Bertz CT molecular complexity index is 1300. The van der Waals surface area contributed by atoms with Crippen LogP contribution in [0.1, 0.15) is 87.4 Å². The van der Waals surface area contributed by atoms with Crippen molar-refractivity contribution >= 4 is 19.7 Å². The van der Waals surface area contributed by atoms with Crippen molar-refractivity contribution in [1.29, 1.82) is 0 Å². The van der Waals surface area contributed by atoms with Crippen LogP contribution < -0.4 is 10.1 Å². The highest BCUT2D eigenvalue weighted by atomic mass is 28.3. The molecular weight excluding hydrogens is 520 g/mol. The van der Waals surface area contributed by atoms with Crippen LogP contribution in [0.5, 0.6) is 5.75 Å². The van der Waals surface area contributed by atoms with Crippen LogP contribution in [0.2, 0.25) is 19.6 Å². The molecule has 5 heteroatoms. The zero-order chi connectivity index (χ0) is 28.8. The van der Waals surface area contributed by atoms with E-state index in [-0.39, 0.29) is 23.5 Å². The molecule has 2 atom stereocenters. The van der Waals surface area contributed by atoms with Crippen LogP contribution in [0.25, 0.3) is 0 Å². The summed E-state index contributed by atoms with van der Waals surface area (Å²) >= 11 is 0. The van der Waals surface area contributed by atoms with Crippen molar-refractivity contribution in [3.05, 3.63) is 59.2 Å². The van der Waals surface area contributed by atoms with Gasteiger partial charge in [-0.1, -0.05) is 57.6 Å². The molecule has 4 saturated carbocycles. The molecule has 4 bridgehead atoms. The van der Waals surface area contributed by atoms with E-state index in [1.807, 2.05) is 6.07 Å². The minimum absolute atomic E-state index is 0.0317. The molecule has 1 amide bonds. The number of benzene rings is 2. The Morgan fingerprint density at radius 1 is 1.02 bits per heavy atom. The van der Waals surface area contributed by atoms with Gasteiger partial charge in [0, 0.05) is 17.3 Å². The summed E-state index contributed by atoms with van der Waals surface area (Å²) in [7, 11) is 0.0384. The average molecular weight is 569 g/mol. The Morgan fingerprint density at radius 3 is 2.27 bits per heavy atom. The van der Waals surface area contributed by atoms with Gasteiger partial charge in [0.2, 0.25) is 0 Å². The molecule has 0 saturated heterocycles. The van der Waals surface area contributed by atoms with Crippen molar-refractivity contribution in [1.82, 2.24) is 4.90 Å². The predicted molar refractivity (Wildman–Crippen MR) is 171 cm³/mol. The number of methoxy groups -OCH3 is 1. The molecule has 0 spiro atoms. The molecule has 4 fully saturated rings. The van der Waals surface area contributed by atoms with E-state index < -0.39 is 8.07 Å². The fraction of sp³-hybridized carbons (Fsp3) is 0.583. The van der Waals surface area contributed by atoms with Gasteiger partial charge in [-0.3, -0.25) is 4.79 Å². The second-order valence-electron chi connectivity index (χ2n) is 14.6. The van der Waals surface area contributed by atoms with Crippen LogP contribution in [0, 0.1) is 29.2 Å². The number of anilines is 1. The van der Waals surface area contributed by atoms with E-state index in [1.54, 1.807) is 7.11 Å². The van der Waals surface area contributed by atoms with Crippen molar-refractivity contribution < 1.29 is 9.53 Å². The molecule has 0 radical (unpaired) electrons. The van der Waals surface area contributed by atoms with Crippen molar-refractivity contribution in [2.75, 3.05) is 12.4 Å². The zero-order valence-electron chi connectivity index (χ0n) is 25.8. The maximum atomic E-state index is 14.0. The average Bonchev–Trinajstić information content (AvgIpc) is 2.92. The smallest absolute Gasteiger partial charge is 0.298 e. The van der Waals surface area contributed by atoms with Crippen LogP contribution in [0.3, 0.4) is 0 Å². The number of hydrogen-bond acceptors (Lipinski definition) is 3. The maximum absolute atomic E-state index is 14.0. The summed E-state index contributed by atoms with van der Waals surface area (Å²) in [6.45, 7) is 8.83. The van der Waals surface area contributed by atoms with Gasteiger partial charge in [0.15, 0.2) is 0 Å². The van der Waals surface area contributed by atoms with Crippen LogP contribution in [0.4, 0.5) is 5.69 Å². The topological polar surface area (TPSA) is 41.6 Å².